The maximum Gasteiger partial charge on any atom is 0.305 e. The molecule has 4 nitrogen and oxygen atoms in total. The highest BCUT2D eigenvalue weighted by atomic mass is 16.5. The van der Waals surface area contributed by atoms with Crippen molar-refractivity contribution in [1.29, 1.82) is 0 Å². The monoisotopic (exact) mass is 274 g/mol. The molecule has 0 amide bonds. The molecule has 0 unspecified atom stereocenters. The Labute approximate surface area is 117 Å². The number of aliphatic hydroxyl groups is 1. The van der Waals surface area contributed by atoms with Gasteiger partial charge in [-0.1, -0.05) is 30.3 Å². The average molecular weight is 274 g/mol. The van der Waals surface area contributed by atoms with E-state index >= 15 is 0 Å². The fraction of sp³-hybridized carbons (Fsp3) is 0.312. The second-order valence-electron chi connectivity index (χ2n) is 4.45. The third kappa shape index (κ3) is 3.27. The molecule has 106 valence electrons. The number of carbonyl (C=O) groups excluding carboxylic acids is 1. The smallest absolute Gasteiger partial charge is 0.305 e. The summed E-state index contributed by atoms with van der Waals surface area (Å²) in [6, 6.07) is 11.7. The first-order valence-corrected chi connectivity index (χ1v) is 6.57. The van der Waals surface area contributed by atoms with Crippen molar-refractivity contribution >= 4 is 16.7 Å². The van der Waals surface area contributed by atoms with Crippen LogP contribution in [-0.4, -0.2) is 24.8 Å². The summed E-state index contributed by atoms with van der Waals surface area (Å²) >= 11 is 0. The van der Waals surface area contributed by atoms with E-state index in [0.717, 1.165) is 16.3 Å². The molecule has 0 aromatic heterocycles. The Morgan fingerprint density at radius 2 is 2.00 bits per heavy atom. The van der Waals surface area contributed by atoms with Crippen LogP contribution in [0.25, 0.3) is 10.8 Å². The average Bonchev–Trinajstić information content (AvgIpc) is 2.50. The lowest BCUT2D eigenvalue weighted by atomic mass is 10.0. The molecule has 20 heavy (non-hydrogen) atoms. The highest BCUT2D eigenvalue weighted by molar-refractivity contribution is 5.87. The van der Waals surface area contributed by atoms with Gasteiger partial charge in [0.2, 0.25) is 0 Å². The van der Waals surface area contributed by atoms with Crippen LogP contribution in [0.5, 0.6) is 5.75 Å². The molecule has 0 saturated carbocycles. The fourth-order valence-electron chi connectivity index (χ4n) is 2.11. The number of benzene rings is 2. The van der Waals surface area contributed by atoms with Crippen LogP contribution in [0.3, 0.4) is 0 Å². The van der Waals surface area contributed by atoms with Gasteiger partial charge in [-0.25, -0.2) is 0 Å². The van der Waals surface area contributed by atoms with Gasteiger partial charge in [-0.2, -0.15) is 0 Å². The number of hydrogen-bond acceptors (Lipinski definition) is 4. The lowest BCUT2D eigenvalue weighted by Crippen LogP contribution is -2.05. The van der Waals surface area contributed by atoms with Gasteiger partial charge in [-0.3, -0.25) is 4.79 Å². The summed E-state index contributed by atoms with van der Waals surface area (Å²) in [7, 11) is 1.37. The number of rotatable bonds is 6. The number of methoxy groups -OCH3 is 1. The van der Waals surface area contributed by atoms with Gasteiger partial charge in [-0.05, 0) is 23.3 Å². The van der Waals surface area contributed by atoms with Gasteiger partial charge < -0.3 is 14.6 Å². The molecule has 0 saturated heterocycles. The predicted octanol–water partition coefficient (Wildman–Crippen LogP) is 2.66. The largest absolute Gasteiger partial charge is 0.493 e. The first-order valence-electron chi connectivity index (χ1n) is 6.57. The Kier molecular flexibility index (Phi) is 4.96. The maximum atomic E-state index is 11.0. The van der Waals surface area contributed by atoms with Gasteiger partial charge >= 0.3 is 5.97 Å². The Bertz CT molecular complexity index is 592. The zero-order chi connectivity index (χ0) is 14.4. The maximum absolute atomic E-state index is 11.0. The summed E-state index contributed by atoms with van der Waals surface area (Å²) in [5, 5.41) is 11.6. The standard InChI is InChI=1S/C16H18O4/c1-19-16(18)7-4-10-20-15-9-8-12-5-2-3-6-13(12)14(15)11-17/h2-3,5-6,8-9,17H,4,7,10-11H2,1H3. The van der Waals surface area contributed by atoms with Crippen LogP contribution in [0.2, 0.25) is 0 Å². The third-order valence-corrected chi connectivity index (χ3v) is 3.17. The van der Waals surface area contributed by atoms with E-state index in [1.54, 1.807) is 0 Å². The second-order valence-corrected chi connectivity index (χ2v) is 4.45. The van der Waals surface area contributed by atoms with E-state index in [-0.39, 0.29) is 12.6 Å². The second kappa shape index (κ2) is 6.91. The topological polar surface area (TPSA) is 55.8 Å². The number of hydrogen-bond donors (Lipinski definition) is 1. The molecule has 0 spiro atoms. The minimum Gasteiger partial charge on any atom is -0.493 e. The van der Waals surface area contributed by atoms with Crippen molar-refractivity contribution in [2.24, 2.45) is 0 Å². The molecule has 0 fully saturated rings. The molecule has 0 atom stereocenters. The van der Waals surface area contributed by atoms with Gasteiger partial charge in [-0.15, -0.1) is 0 Å². The van der Waals surface area contributed by atoms with Crippen molar-refractivity contribution in [3.8, 4) is 5.75 Å². The van der Waals surface area contributed by atoms with E-state index in [4.69, 9.17) is 4.74 Å². The summed E-state index contributed by atoms with van der Waals surface area (Å²) in [5.41, 5.74) is 0.779. The van der Waals surface area contributed by atoms with Crippen molar-refractivity contribution in [3.63, 3.8) is 0 Å². The summed E-state index contributed by atoms with van der Waals surface area (Å²) in [6.45, 7) is 0.341. The molecule has 2 aromatic carbocycles. The van der Waals surface area contributed by atoms with Crippen molar-refractivity contribution in [2.45, 2.75) is 19.4 Å². The number of aliphatic hydroxyl groups excluding tert-OH is 1. The fourth-order valence-corrected chi connectivity index (χ4v) is 2.11. The van der Waals surface area contributed by atoms with Gasteiger partial charge in [0.1, 0.15) is 5.75 Å². The summed E-state index contributed by atoms with van der Waals surface area (Å²) in [5.74, 6) is 0.422. The molecule has 2 rings (SSSR count). The summed E-state index contributed by atoms with van der Waals surface area (Å²) in [4.78, 5) is 11.0. The molecule has 0 aliphatic heterocycles. The predicted molar refractivity (Wildman–Crippen MR) is 76.6 cm³/mol. The number of ether oxygens (including phenoxy) is 2. The Balaban J connectivity index is 2.08. The van der Waals surface area contributed by atoms with Crippen LogP contribution >= 0.6 is 0 Å². The van der Waals surface area contributed by atoms with Crippen LogP contribution in [0.1, 0.15) is 18.4 Å². The quantitative estimate of drug-likeness (QED) is 0.650. The van der Waals surface area contributed by atoms with Gasteiger partial charge in [0.05, 0.1) is 20.3 Å². The SMILES string of the molecule is COC(=O)CCCOc1ccc2ccccc2c1CO. The van der Waals surface area contributed by atoms with Crippen molar-refractivity contribution in [1.82, 2.24) is 0 Å². The number of esters is 1. The van der Waals surface area contributed by atoms with Gasteiger partial charge in [0.25, 0.3) is 0 Å². The highest BCUT2D eigenvalue weighted by Gasteiger charge is 2.08. The summed E-state index contributed by atoms with van der Waals surface area (Å²) < 4.78 is 10.2. The van der Waals surface area contributed by atoms with Crippen molar-refractivity contribution < 1.29 is 19.4 Å². The Morgan fingerprint density at radius 3 is 2.75 bits per heavy atom. The molecule has 0 aliphatic carbocycles. The molecule has 2 aromatic rings. The highest BCUT2D eigenvalue weighted by Crippen LogP contribution is 2.28. The first kappa shape index (κ1) is 14.3. The minimum atomic E-state index is -0.241. The third-order valence-electron chi connectivity index (χ3n) is 3.17. The van der Waals surface area contributed by atoms with Crippen LogP contribution in [0.4, 0.5) is 0 Å². The van der Waals surface area contributed by atoms with Gasteiger partial charge in [0.15, 0.2) is 0 Å². The lowest BCUT2D eigenvalue weighted by Gasteiger charge is -2.12. The van der Waals surface area contributed by atoms with Crippen molar-refractivity contribution in [2.75, 3.05) is 13.7 Å². The zero-order valence-corrected chi connectivity index (χ0v) is 11.5. The summed E-state index contributed by atoms with van der Waals surface area (Å²) in [6.07, 6.45) is 0.920. The lowest BCUT2D eigenvalue weighted by molar-refractivity contribution is -0.140. The van der Waals surface area contributed by atoms with E-state index in [1.165, 1.54) is 7.11 Å². The van der Waals surface area contributed by atoms with E-state index in [0.29, 0.717) is 25.2 Å². The molecule has 0 radical (unpaired) electrons. The normalized spacial score (nSPS) is 10.5. The van der Waals surface area contributed by atoms with Crippen LogP contribution < -0.4 is 4.74 Å². The van der Waals surface area contributed by atoms with E-state index in [9.17, 15) is 9.90 Å². The van der Waals surface area contributed by atoms with Crippen LogP contribution in [-0.2, 0) is 16.1 Å². The number of fused-ring (bicyclic) bond motifs is 1. The Hall–Kier alpha value is -2.07. The number of carbonyl (C=O) groups is 1. The molecular formula is C16H18O4. The molecule has 1 N–H and O–H groups in total. The van der Waals surface area contributed by atoms with E-state index in [2.05, 4.69) is 4.74 Å². The van der Waals surface area contributed by atoms with E-state index < -0.39 is 0 Å². The van der Waals surface area contributed by atoms with Crippen LogP contribution in [0, 0.1) is 0 Å². The van der Waals surface area contributed by atoms with Gasteiger partial charge in [0, 0.05) is 12.0 Å². The molecule has 4 heteroatoms. The molecule has 0 bridgehead atoms. The molecule has 0 aliphatic rings. The van der Waals surface area contributed by atoms with Crippen LogP contribution in [0.15, 0.2) is 36.4 Å². The Morgan fingerprint density at radius 1 is 1.20 bits per heavy atom. The minimum absolute atomic E-state index is 0.0757. The van der Waals surface area contributed by atoms with E-state index in [1.807, 2.05) is 36.4 Å². The molecule has 0 heterocycles. The molecular weight excluding hydrogens is 256 g/mol. The zero-order valence-electron chi connectivity index (χ0n) is 11.5. The van der Waals surface area contributed by atoms with Crippen molar-refractivity contribution in [3.05, 3.63) is 42.0 Å². The first-order chi connectivity index (χ1) is 9.76.